The first-order valence-corrected chi connectivity index (χ1v) is 8.38. The second kappa shape index (κ2) is 6.00. The van der Waals surface area contributed by atoms with Crippen molar-refractivity contribution >= 4 is 13.4 Å². The Labute approximate surface area is 113 Å². The van der Waals surface area contributed by atoms with Gasteiger partial charge in [-0.2, -0.15) is 0 Å². The molecule has 0 atom stereocenters. The summed E-state index contributed by atoms with van der Waals surface area (Å²) in [5.74, 6) is 0.0211. The van der Waals surface area contributed by atoms with E-state index in [1.807, 2.05) is 18.2 Å². The first kappa shape index (κ1) is 14.4. The zero-order valence-corrected chi connectivity index (χ0v) is 11.6. The normalized spacial score (nSPS) is 24.1. The van der Waals surface area contributed by atoms with Gasteiger partial charge in [-0.1, -0.05) is 30.3 Å². The fraction of sp³-hybridized carbons (Fsp3) is 0.500. The maximum Gasteiger partial charge on any atom is 0.332 e. The molecule has 104 valence electrons. The lowest BCUT2D eigenvalue weighted by Gasteiger charge is -2.28. The van der Waals surface area contributed by atoms with Crippen molar-refractivity contribution < 1.29 is 19.1 Å². The van der Waals surface area contributed by atoms with Crippen LogP contribution in [0.5, 0.6) is 0 Å². The molecule has 1 aliphatic rings. The minimum atomic E-state index is -4.21. The lowest BCUT2D eigenvalue weighted by molar-refractivity contribution is -0.121. The van der Waals surface area contributed by atoms with Crippen LogP contribution in [0.4, 0.5) is 0 Å². The van der Waals surface area contributed by atoms with Crippen LogP contribution in [0.3, 0.4) is 0 Å². The smallest absolute Gasteiger partial charge is 0.324 e. The van der Waals surface area contributed by atoms with Gasteiger partial charge in [0.25, 0.3) is 0 Å². The van der Waals surface area contributed by atoms with E-state index in [9.17, 15) is 9.36 Å². The lowest BCUT2D eigenvalue weighted by atomic mass is 9.77. The number of carbonyl (C=O) groups excluding carboxylic acids is 1. The number of ketones is 1. The number of benzene rings is 1. The van der Waals surface area contributed by atoms with Gasteiger partial charge in [0.1, 0.15) is 11.9 Å². The van der Waals surface area contributed by atoms with E-state index in [1.165, 1.54) is 5.56 Å². The Morgan fingerprint density at radius 3 is 2.21 bits per heavy atom. The van der Waals surface area contributed by atoms with Gasteiger partial charge in [0.05, 0.1) is 0 Å². The van der Waals surface area contributed by atoms with Crippen molar-refractivity contribution in [2.24, 2.45) is 5.92 Å². The van der Waals surface area contributed by atoms with E-state index in [4.69, 9.17) is 9.79 Å². The predicted octanol–water partition coefficient (Wildman–Crippen LogP) is 2.71. The van der Waals surface area contributed by atoms with Crippen LogP contribution in [-0.2, 0) is 9.36 Å². The average molecular weight is 282 g/mol. The zero-order chi connectivity index (χ0) is 13.9. The minimum Gasteiger partial charge on any atom is -0.324 e. The molecule has 0 aliphatic heterocycles. The molecule has 0 radical (unpaired) electrons. The van der Waals surface area contributed by atoms with Gasteiger partial charge in [0.2, 0.25) is 0 Å². The minimum absolute atomic E-state index is 0.174. The van der Waals surface area contributed by atoms with Crippen molar-refractivity contribution in [3.05, 3.63) is 35.9 Å². The van der Waals surface area contributed by atoms with E-state index in [0.29, 0.717) is 5.92 Å². The molecule has 19 heavy (non-hydrogen) atoms. The van der Waals surface area contributed by atoms with Crippen LogP contribution in [0, 0.1) is 5.92 Å². The van der Waals surface area contributed by atoms with Crippen LogP contribution >= 0.6 is 7.60 Å². The Kier molecular flexibility index (Phi) is 4.56. The van der Waals surface area contributed by atoms with Gasteiger partial charge in [-0.3, -0.25) is 9.36 Å². The fourth-order valence-corrected chi connectivity index (χ4v) is 3.47. The molecule has 0 amide bonds. The molecule has 1 saturated carbocycles. The summed E-state index contributed by atoms with van der Waals surface area (Å²) >= 11 is 0. The van der Waals surface area contributed by atoms with Crippen molar-refractivity contribution in [1.82, 2.24) is 0 Å². The van der Waals surface area contributed by atoms with E-state index in [1.54, 1.807) is 0 Å². The number of carbonyl (C=O) groups is 1. The van der Waals surface area contributed by atoms with Crippen LogP contribution in [0.25, 0.3) is 0 Å². The van der Waals surface area contributed by atoms with Crippen LogP contribution in [0.15, 0.2) is 30.3 Å². The molecule has 4 nitrogen and oxygen atoms in total. The first-order valence-electron chi connectivity index (χ1n) is 6.58. The van der Waals surface area contributed by atoms with Crippen LogP contribution in [0.1, 0.15) is 37.2 Å². The number of rotatable bonds is 4. The molecule has 1 aliphatic carbocycles. The second-order valence-corrected chi connectivity index (χ2v) is 6.89. The fourth-order valence-electron chi connectivity index (χ4n) is 2.81. The summed E-state index contributed by atoms with van der Waals surface area (Å²) < 4.78 is 10.8. The molecule has 0 heterocycles. The summed E-state index contributed by atoms with van der Waals surface area (Å²) in [6, 6.07) is 10.2. The summed E-state index contributed by atoms with van der Waals surface area (Å²) in [7, 11) is -4.21. The van der Waals surface area contributed by atoms with Crippen molar-refractivity contribution in [3.8, 4) is 0 Å². The lowest BCUT2D eigenvalue weighted by Crippen LogP contribution is -2.23. The van der Waals surface area contributed by atoms with E-state index in [2.05, 4.69) is 12.1 Å². The molecule has 2 N–H and O–H groups in total. The van der Waals surface area contributed by atoms with Crippen molar-refractivity contribution in [1.29, 1.82) is 0 Å². The van der Waals surface area contributed by atoms with Gasteiger partial charge in [0.15, 0.2) is 0 Å². The highest BCUT2D eigenvalue weighted by molar-refractivity contribution is 7.52. The SMILES string of the molecule is O=C(CP(=O)(O)O)C1CCC(c2ccccc2)CC1. The Bertz CT molecular complexity index is 471. The third-order valence-electron chi connectivity index (χ3n) is 3.82. The van der Waals surface area contributed by atoms with Crippen molar-refractivity contribution in [3.63, 3.8) is 0 Å². The molecule has 1 aromatic rings. The highest BCUT2D eigenvalue weighted by Crippen LogP contribution is 2.40. The highest BCUT2D eigenvalue weighted by Gasteiger charge is 2.30. The Hall–Kier alpha value is -0.960. The van der Waals surface area contributed by atoms with Crippen LogP contribution in [-0.4, -0.2) is 21.7 Å². The van der Waals surface area contributed by atoms with Gasteiger partial charge in [-0.25, -0.2) is 0 Å². The first-order chi connectivity index (χ1) is 8.96. The molecule has 2 rings (SSSR count). The summed E-state index contributed by atoms with van der Waals surface area (Å²) in [4.78, 5) is 29.4. The molecular weight excluding hydrogens is 263 g/mol. The van der Waals surface area contributed by atoms with Gasteiger partial charge < -0.3 is 9.79 Å². The number of hydrogen-bond donors (Lipinski definition) is 2. The molecule has 1 fully saturated rings. The number of hydrogen-bond acceptors (Lipinski definition) is 2. The maximum absolute atomic E-state index is 11.8. The van der Waals surface area contributed by atoms with E-state index < -0.39 is 13.8 Å². The van der Waals surface area contributed by atoms with Crippen molar-refractivity contribution in [2.45, 2.75) is 31.6 Å². The summed E-state index contributed by atoms with van der Waals surface area (Å²) in [5, 5.41) is 0. The van der Waals surface area contributed by atoms with Crippen LogP contribution < -0.4 is 0 Å². The summed E-state index contributed by atoms with van der Waals surface area (Å²) in [6.45, 7) is 0. The highest BCUT2D eigenvalue weighted by atomic mass is 31.2. The summed E-state index contributed by atoms with van der Waals surface area (Å²) in [5.41, 5.74) is 1.29. The Morgan fingerprint density at radius 1 is 1.11 bits per heavy atom. The zero-order valence-electron chi connectivity index (χ0n) is 10.7. The monoisotopic (exact) mass is 282 g/mol. The number of Topliss-reactive ketones (excluding diaryl/α,β-unsaturated/α-hetero) is 1. The van der Waals surface area contributed by atoms with E-state index >= 15 is 0 Å². The Balaban J connectivity index is 1.89. The van der Waals surface area contributed by atoms with Crippen molar-refractivity contribution in [2.75, 3.05) is 6.16 Å². The molecule has 0 spiro atoms. The summed E-state index contributed by atoms with van der Waals surface area (Å²) in [6.07, 6.45) is 2.70. The van der Waals surface area contributed by atoms with Crippen LogP contribution in [0.2, 0.25) is 0 Å². The molecule has 1 aromatic carbocycles. The molecule has 0 aromatic heterocycles. The molecule has 0 unspecified atom stereocenters. The van der Waals surface area contributed by atoms with Gasteiger partial charge >= 0.3 is 7.60 Å². The second-order valence-electron chi connectivity index (χ2n) is 5.25. The molecule has 5 heteroatoms. The third kappa shape index (κ3) is 4.27. The largest absolute Gasteiger partial charge is 0.332 e. The quantitative estimate of drug-likeness (QED) is 0.833. The molecular formula is C14H19O4P. The topological polar surface area (TPSA) is 74.6 Å². The molecule has 0 bridgehead atoms. The van der Waals surface area contributed by atoms with Gasteiger partial charge in [-0.05, 0) is 37.2 Å². The maximum atomic E-state index is 11.8. The molecule has 0 saturated heterocycles. The average Bonchev–Trinajstić information content (AvgIpc) is 2.38. The third-order valence-corrected chi connectivity index (χ3v) is 4.54. The van der Waals surface area contributed by atoms with Gasteiger partial charge in [0, 0.05) is 5.92 Å². The van der Waals surface area contributed by atoms with Gasteiger partial charge in [-0.15, -0.1) is 0 Å². The predicted molar refractivity (Wildman–Crippen MR) is 73.1 cm³/mol. The Morgan fingerprint density at radius 2 is 1.68 bits per heavy atom. The van der Waals surface area contributed by atoms with E-state index in [-0.39, 0.29) is 11.7 Å². The standard InChI is InChI=1S/C14H19O4P/c15-14(10-19(16,17)18)13-8-6-12(7-9-13)11-4-2-1-3-5-11/h1-5,12-13H,6-10H2,(H2,16,17,18). The van der Waals surface area contributed by atoms with E-state index in [0.717, 1.165) is 25.7 Å².